The lowest BCUT2D eigenvalue weighted by Crippen LogP contribution is -2.71. The van der Waals surface area contributed by atoms with Gasteiger partial charge in [0.25, 0.3) is 5.91 Å². The second-order valence-corrected chi connectivity index (χ2v) is 11.3. The zero-order valence-electron chi connectivity index (χ0n) is 16.3. The summed E-state index contributed by atoms with van der Waals surface area (Å²) in [5.41, 5.74) is 0.650. The van der Waals surface area contributed by atoms with Crippen molar-refractivity contribution >= 4 is 68.6 Å². The number of β-lactam (4-membered cyclic amide) rings is 1. The summed E-state index contributed by atoms with van der Waals surface area (Å²) >= 11 is 7.57. The van der Waals surface area contributed by atoms with Crippen molar-refractivity contribution in [2.75, 3.05) is 11.5 Å². The predicted octanol–water partition coefficient (Wildman–Crippen LogP) is 1.90. The highest BCUT2D eigenvalue weighted by Crippen LogP contribution is 2.41. The second kappa shape index (κ2) is 8.92. The first-order valence-corrected chi connectivity index (χ1v) is 12.7. The normalized spacial score (nSPS) is 21.5. The summed E-state index contributed by atoms with van der Waals surface area (Å²) in [6.07, 6.45) is 3.24. The van der Waals surface area contributed by atoms with E-state index in [9.17, 15) is 19.5 Å². The Morgan fingerprint density at radius 2 is 2.23 bits per heavy atom. The number of carboxylic acids is 1. The molecule has 2 N–H and O–H groups in total. The molecule has 2 aromatic rings. The van der Waals surface area contributed by atoms with E-state index in [-0.39, 0.29) is 11.6 Å². The molecule has 0 aliphatic carbocycles. The molecule has 4 rings (SSSR count). The Morgan fingerprint density at radius 1 is 1.45 bits per heavy atom. The fourth-order valence-corrected chi connectivity index (χ4v) is 6.80. The van der Waals surface area contributed by atoms with Crippen LogP contribution in [-0.4, -0.2) is 70.7 Å². The van der Waals surface area contributed by atoms with E-state index in [1.54, 1.807) is 19.3 Å². The van der Waals surface area contributed by atoms with Crippen molar-refractivity contribution in [1.82, 2.24) is 30.2 Å². The van der Waals surface area contributed by atoms with Gasteiger partial charge >= 0.3 is 5.97 Å². The highest BCUT2D eigenvalue weighted by molar-refractivity contribution is 9.10. The van der Waals surface area contributed by atoms with E-state index in [0.717, 1.165) is 13.8 Å². The lowest BCUT2D eigenvalue weighted by atomic mass is 10.0. The maximum absolute atomic E-state index is 12.8. The highest BCUT2D eigenvalue weighted by atomic mass is 79.9. The van der Waals surface area contributed by atoms with Crippen LogP contribution in [0.25, 0.3) is 0 Å². The smallest absolute Gasteiger partial charge is 0.352 e. The van der Waals surface area contributed by atoms with Gasteiger partial charge in [0.15, 0.2) is 4.34 Å². The van der Waals surface area contributed by atoms with Crippen LogP contribution in [-0.2, 0) is 14.4 Å². The van der Waals surface area contributed by atoms with Gasteiger partial charge in [-0.15, -0.1) is 22.0 Å². The summed E-state index contributed by atoms with van der Waals surface area (Å²) in [5, 5.41) is 25.0. The molecule has 0 saturated carbocycles. The van der Waals surface area contributed by atoms with Crippen molar-refractivity contribution in [3.05, 3.63) is 33.1 Å². The molecule has 164 valence electrons. The highest BCUT2D eigenvalue weighted by Gasteiger charge is 2.54. The number of carbonyl (C=O) groups is 3. The fourth-order valence-electron chi connectivity index (χ4n) is 3.20. The van der Waals surface area contributed by atoms with Crippen LogP contribution in [0.5, 0.6) is 0 Å². The van der Waals surface area contributed by atoms with Crippen LogP contribution >= 0.6 is 50.8 Å². The number of halogens is 1. The van der Waals surface area contributed by atoms with Crippen LogP contribution in [0.3, 0.4) is 0 Å². The first-order chi connectivity index (χ1) is 14.8. The van der Waals surface area contributed by atoms with Crippen LogP contribution in [0, 0.1) is 6.92 Å². The molecule has 3 atom stereocenters. The molecule has 2 aliphatic rings. The molecular formula is C17H17BrN6O4S3. The molecule has 10 nitrogen and oxygen atoms in total. The summed E-state index contributed by atoms with van der Waals surface area (Å²) in [4.78, 5) is 38.6. The van der Waals surface area contributed by atoms with Gasteiger partial charge in [-0.25, -0.2) is 4.79 Å². The molecule has 0 unspecified atom stereocenters. The summed E-state index contributed by atoms with van der Waals surface area (Å²) in [6.45, 7) is 3.53. The van der Waals surface area contributed by atoms with Crippen LogP contribution in [0.4, 0.5) is 0 Å². The lowest BCUT2D eigenvalue weighted by Gasteiger charge is -2.49. The summed E-state index contributed by atoms with van der Waals surface area (Å²) in [6, 6.07) is -1.38. The molecule has 1 fully saturated rings. The van der Waals surface area contributed by atoms with E-state index in [4.69, 9.17) is 0 Å². The van der Waals surface area contributed by atoms with Gasteiger partial charge in [-0.05, 0) is 35.4 Å². The molecule has 0 aromatic carbocycles. The molecule has 14 heteroatoms. The number of amides is 2. The Morgan fingerprint density at radius 3 is 2.84 bits per heavy atom. The molecule has 4 heterocycles. The molecule has 0 spiro atoms. The Labute approximate surface area is 198 Å². The zero-order valence-corrected chi connectivity index (χ0v) is 20.3. The monoisotopic (exact) mass is 544 g/mol. The number of nitrogens with one attached hydrogen (secondary N) is 1. The molecule has 2 aliphatic heterocycles. The van der Waals surface area contributed by atoms with Crippen molar-refractivity contribution in [2.24, 2.45) is 0 Å². The Balaban J connectivity index is 1.45. The number of carbonyl (C=O) groups excluding carboxylic acids is 2. The summed E-state index contributed by atoms with van der Waals surface area (Å²) in [5.74, 6) is -1.08. The van der Waals surface area contributed by atoms with Gasteiger partial charge in [0.2, 0.25) is 5.91 Å². The minimum Gasteiger partial charge on any atom is -0.477 e. The Kier molecular flexibility index (Phi) is 6.42. The van der Waals surface area contributed by atoms with Gasteiger partial charge in [0, 0.05) is 17.7 Å². The van der Waals surface area contributed by atoms with Crippen molar-refractivity contribution in [3.63, 3.8) is 0 Å². The van der Waals surface area contributed by atoms with Crippen LogP contribution < -0.4 is 5.32 Å². The zero-order chi connectivity index (χ0) is 22.3. The number of carboxylic acid groups (broad SMARTS) is 1. The number of aliphatic carboxylic acids is 1. The fraction of sp³-hybridized carbons (Fsp3) is 0.412. The molecule has 2 aromatic heterocycles. The average Bonchev–Trinajstić information content (AvgIpc) is 3.36. The maximum atomic E-state index is 12.8. The molecule has 0 bridgehead atoms. The van der Waals surface area contributed by atoms with Gasteiger partial charge in [-0.2, -0.15) is 5.10 Å². The van der Waals surface area contributed by atoms with Gasteiger partial charge < -0.3 is 10.4 Å². The summed E-state index contributed by atoms with van der Waals surface area (Å²) < 4.78 is 2.98. The number of thioether (sulfide) groups is 2. The number of nitrogens with zero attached hydrogens (tertiary/aromatic N) is 5. The lowest BCUT2D eigenvalue weighted by molar-refractivity contribution is -0.151. The van der Waals surface area contributed by atoms with E-state index in [1.807, 2.05) is 6.92 Å². The molecule has 1 saturated heterocycles. The third kappa shape index (κ3) is 4.38. The van der Waals surface area contributed by atoms with E-state index in [2.05, 4.69) is 36.5 Å². The third-order valence-corrected chi connectivity index (χ3v) is 8.58. The van der Waals surface area contributed by atoms with Gasteiger partial charge in [0.1, 0.15) is 28.2 Å². The average molecular weight is 545 g/mol. The van der Waals surface area contributed by atoms with Crippen molar-refractivity contribution in [3.8, 4) is 0 Å². The van der Waals surface area contributed by atoms with Gasteiger partial charge in [-0.3, -0.25) is 19.2 Å². The van der Waals surface area contributed by atoms with Gasteiger partial charge in [0.05, 0.1) is 10.7 Å². The standard InChI is InChI=1S/C17H17BrN6O4S3/c1-7(23-4-10(18)3-19-23)13(25)20-11-14(26)24-12(16(27)28)9(5-29-15(11)24)6-30-17-22-21-8(2)31-17/h3-4,7,11,15H,5-6H2,1-2H3,(H,20,25)(H,27,28)/t7-,11-,15-/m1/s1. The van der Waals surface area contributed by atoms with Crippen molar-refractivity contribution in [1.29, 1.82) is 0 Å². The number of hydrogen-bond acceptors (Lipinski definition) is 9. The van der Waals surface area contributed by atoms with E-state index >= 15 is 0 Å². The van der Waals surface area contributed by atoms with Crippen LogP contribution in [0.15, 0.2) is 32.5 Å². The number of fused-ring (bicyclic) bond motifs is 1. The van der Waals surface area contributed by atoms with E-state index in [1.165, 1.54) is 44.4 Å². The number of aryl methyl sites for hydroxylation is 1. The predicted molar refractivity (Wildman–Crippen MR) is 120 cm³/mol. The van der Waals surface area contributed by atoms with Crippen LogP contribution in [0.1, 0.15) is 18.0 Å². The van der Waals surface area contributed by atoms with Gasteiger partial charge in [-0.1, -0.05) is 23.1 Å². The largest absolute Gasteiger partial charge is 0.477 e. The Bertz CT molecular complexity index is 1090. The SMILES string of the molecule is Cc1nnc(SCC2=C(C(=O)O)N3C(=O)[C@@H](NC(=O)[C@@H](C)n4cc(Br)cn4)[C@H]3SC2)s1. The second-order valence-electron chi connectivity index (χ2n) is 6.84. The topological polar surface area (TPSA) is 130 Å². The molecular weight excluding hydrogens is 528 g/mol. The first kappa shape index (κ1) is 22.3. The minimum absolute atomic E-state index is 0.00274. The first-order valence-electron chi connectivity index (χ1n) is 9.09. The maximum Gasteiger partial charge on any atom is 0.352 e. The summed E-state index contributed by atoms with van der Waals surface area (Å²) in [7, 11) is 0. The van der Waals surface area contributed by atoms with Crippen LogP contribution in [0.2, 0.25) is 0 Å². The quantitative estimate of drug-likeness (QED) is 0.396. The Hall–Kier alpha value is -1.90. The molecule has 2 amide bonds. The molecule has 31 heavy (non-hydrogen) atoms. The minimum atomic E-state index is -1.15. The molecule has 0 radical (unpaired) electrons. The van der Waals surface area contributed by atoms with E-state index in [0.29, 0.717) is 17.1 Å². The number of hydrogen-bond donors (Lipinski definition) is 2. The van der Waals surface area contributed by atoms with E-state index < -0.39 is 29.3 Å². The van der Waals surface area contributed by atoms with Crippen molar-refractivity contribution in [2.45, 2.75) is 35.6 Å². The third-order valence-electron chi connectivity index (χ3n) is 4.77. The number of aromatic nitrogens is 4. The van der Waals surface area contributed by atoms with Crippen molar-refractivity contribution < 1.29 is 19.5 Å². The number of rotatable bonds is 7.